The summed E-state index contributed by atoms with van der Waals surface area (Å²) in [4.78, 5) is 8.90. The van der Waals surface area contributed by atoms with Gasteiger partial charge in [0.05, 0.1) is 24.7 Å². The lowest BCUT2D eigenvalue weighted by Gasteiger charge is -2.15. The zero-order chi connectivity index (χ0) is 16.1. The van der Waals surface area contributed by atoms with Crippen LogP contribution in [0.3, 0.4) is 0 Å². The first-order valence-electron chi connectivity index (χ1n) is 7.60. The Hall–Kier alpha value is -2.72. The van der Waals surface area contributed by atoms with Gasteiger partial charge in [0.15, 0.2) is 0 Å². The number of nitrogens with one attached hydrogen (secondary N) is 1. The van der Waals surface area contributed by atoms with Gasteiger partial charge in [-0.15, -0.1) is 0 Å². The highest BCUT2D eigenvalue weighted by Gasteiger charge is 2.07. The van der Waals surface area contributed by atoms with E-state index < -0.39 is 0 Å². The highest BCUT2D eigenvalue weighted by atomic mass is 16.3. The van der Waals surface area contributed by atoms with Crippen LogP contribution < -0.4 is 5.32 Å². The Morgan fingerprint density at radius 1 is 1.04 bits per heavy atom. The van der Waals surface area contributed by atoms with Gasteiger partial charge in [-0.3, -0.25) is 4.98 Å². The van der Waals surface area contributed by atoms with Crippen molar-refractivity contribution in [3.8, 4) is 11.3 Å². The Bertz CT molecular complexity index is 774. The molecule has 0 aliphatic carbocycles. The van der Waals surface area contributed by atoms with Crippen molar-refractivity contribution >= 4 is 5.82 Å². The summed E-state index contributed by atoms with van der Waals surface area (Å²) in [5, 5.41) is 12.6. The lowest BCUT2D eigenvalue weighted by Crippen LogP contribution is -2.08. The Balaban J connectivity index is 1.82. The van der Waals surface area contributed by atoms with Gasteiger partial charge in [-0.25, -0.2) is 4.98 Å². The van der Waals surface area contributed by atoms with Crippen LogP contribution >= 0.6 is 0 Å². The number of benzene rings is 2. The monoisotopic (exact) mass is 305 g/mol. The lowest BCUT2D eigenvalue weighted by atomic mass is 10.1. The summed E-state index contributed by atoms with van der Waals surface area (Å²) >= 11 is 0. The summed E-state index contributed by atoms with van der Waals surface area (Å²) in [6.45, 7) is 2.11. The maximum absolute atomic E-state index is 9.26. The molecule has 4 heteroatoms. The van der Waals surface area contributed by atoms with Crippen LogP contribution in [0.5, 0.6) is 0 Å². The molecule has 1 aromatic heterocycles. The number of hydrogen-bond acceptors (Lipinski definition) is 4. The van der Waals surface area contributed by atoms with Crippen LogP contribution in [-0.4, -0.2) is 15.1 Å². The molecule has 2 N–H and O–H groups in total. The Morgan fingerprint density at radius 3 is 2.65 bits per heavy atom. The predicted octanol–water partition coefficient (Wildman–Crippen LogP) is 3.81. The van der Waals surface area contributed by atoms with Crippen LogP contribution in [0.2, 0.25) is 0 Å². The van der Waals surface area contributed by atoms with Gasteiger partial charge in [0.25, 0.3) is 0 Å². The van der Waals surface area contributed by atoms with Gasteiger partial charge in [-0.2, -0.15) is 0 Å². The molecule has 0 aliphatic rings. The second kappa shape index (κ2) is 7.03. The molecule has 0 fully saturated rings. The fraction of sp³-hybridized carbons (Fsp3) is 0.158. The molecule has 0 bridgehead atoms. The summed E-state index contributed by atoms with van der Waals surface area (Å²) in [6.07, 6.45) is 3.45. The Kier molecular flexibility index (Phi) is 4.64. The molecule has 4 nitrogen and oxygen atoms in total. The van der Waals surface area contributed by atoms with Crippen LogP contribution in [0.4, 0.5) is 5.82 Å². The van der Waals surface area contributed by atoms with Crippen molar-refractivity contribution in [2.45, 2.75) is 19.6 Å². The molecule has 3 aromatic rings. The number of anilines is 1. The molecule has 1 atom stereocenters. The SMILES string of the molecule is CC(Nc1cncc(-c2cccc(CO)c2)n1)c1ccccc1. The minimum atomic E-state index is 0.0181. The van der Waals surface area contributed by atoms with Crippen molar-refractivity contribution in [1.29, 1.82) is 0 Å². The summed E-state index contributed by atoms with van der Waals surface area (Å²) in [5.41, 5.74) is 3.79. The van der Waals surface area contributed by atoms with Gasteiger partial charge in [-0.05, 0) is 24.1 Å². The minimum Gasteiger partial charge on any atom is -0.392 e. The first kappa shape index (κ1) is 15.2. The summed E-state index contributed by atoms with van der Waals surface area (Å²) in [5.74, 6) is 0.730. The lowest BCUT2D eigenvalue weighted by molar-refractivity contribution is 0.282. The van der Waals surface area contributed by atoms with Crippen LogP contribution in [0.25, 0.3) is 11.3 Å². The topological polar surface area (TPSA) is 58.0 Å². The molecule has 0 saturated carbocycles. The number of hydrogen-bond donors (Lipinski definition) is 2. The first-order valence-corrected chi connectivity index (χ1v) is 7.60. The van der Waals surface area contributed by atoms with Gasteiger partial charge >= 0.3 is 0 Å². The van der Waals surface area contributed by atoms with E-state index in [4.69, 9.17) is 0 Å². The number of aromatic nitrogens is 2. The van der Waals surface area contributed by atoms with Gasteiger partial charge < -0.3 is 10.4 Å². The molecule has 116 valence electrons. The van der Waals surface area contributed by atoms with E-state index in [0.29, 0.717) is 0 Å². The number of nitrogens with zero attached hydrogens (tertiary/aromatic N) is 2. The van der Waals surface area contributed by atoms with E-state index in [9.17, 15) is 5.11 Å². The first-order chi connectivity index (χ1) is 11.3. The van der Waals surface area contributed by atoms with Crippen molar-refractivity contribution in [3.63, 3.8) is 0 Å². The van der Waals surface area contributed by atoms with E-state index >= 15 is 0 Å². The van der Waals surface area contributed by atoms with Gasteiger partial charge in [-0.1, -0.05) is 48.5 Å². The fourth-order valence-corrected chi connectivity index (χ4v) is 2.45. The maximum Gasteiger partial charge on any atom is 0.145 e. The Morgan fingerprint density at radius 2 is 1.87 bits per heavy atom. The molecule has 0 saturated heterocycles. The molecule has 1 unspecified atom stereocenters. The van der Waals surface area contributed by atoms with Crippen molar-refractivity contribution in [3.05, 3.63) is 78.1 Å². The molecule has 2 aromatic carbocycles. The molecule has 1 heterocycles. The van der Waals surface area contributed by atoms with Crippen molar-refractivity contribution in [2.75, 3.05) is 5.32 Å². The molecule has 0 aliphatic heterocycles. The van der Waals surface area contributed by atoms with E-state index in [1.54, 1.807) is 12.4 Å². The Labute approximate surface area is 135 Å². The van der Waals surface area contributed by atoms with Crippen LogP contribution in [-0.2, 0) is 6.61 Å². The summed E-state index contributed by atoms with van der Waals surface area (Å²) in [7, 11) is 0. The molecule has 3 rings (SSSR count). The number of aliphatic hydroxyl groups excluding tert-OH is 1. The quantitative estimate of drug-likeness (QED) is 0.752. The van der Waals surface area contributed by atoms with E-state index in [1.807, 2.05) is 42.5 Å². The third kappa shape index (κ3) is 3.73. The normalized spacial score (nSPS) is 11.9. The standard InChI is InChI=1S/C19H19N3O/c1-14(16-7-3-2-4-8-16)21-19-12-20-11-18(22-19)17-9-5-6-15(10-17)13-23/h2-12,14,23H,13H2,1H3,(H,21,22). The minimum absolute atomic E-state index is 0.0181. The highest BCUT2D eigenvalue weighted by Crippen LogP contribution is 2.21. The van der Waals surface area contributed by atoms with Gasteiger partial charge in [0, 0.05) is 11.6 Å². The average molecular weight is 305 g/mol. The fourth-order valence-electron chi connectivity index (χ4n) is 2.45. The highest BCUT2D eigenvalue weighted by molar-refractivity contribution is 5.60. The van der Waals surface area contributed by atoms with Crippen molar-refractivity contribution < 1.29 is 5.11 Å². The number of aliphatic hydroxyl groups is 1. The van der Waals surface area contributed by atoms with Gasteiger partial charge in [0.1, 0.15) is 5.82 Å². The zero-order valence-electron chi connectivity index (χ0n) is 13.0. The van der Waals surface area contributed by atoms with Crippen molar-refractivity contribution in [1.82, 2.24) is 9.97 Å². The summed E-state index contributed by atoms with van der Waals surface area (Å²) in [6, 6.07) is 18.0. The van der Waals surface area contributed by atoms with E-state index in [2.05, 4.69) is 34.3 Å². The maximum atomic E-state index is 9.26. The molecule has 0 amide bonds. The second-order valence-electron chi connectivity index (χ2n) is 5.42. The largest absolute Gasteiger partial charge is 0.392 e. The average Bonchev–Trinajstić information content (AvgIpc) is 2.63. The van der Waals surface area contributed by atoms with Crippen molar-refractivity contribution in [2.24, 2.45) is 0 Å². The summed E-state index contributed by atoms with van der Waals surface area (Å²) < 4.78 is 0. The van der Waals surface area contributed by atoms with Crippen LogP contribution in [0, 0.1) is 0 Å². The van der Waals surface area contributed by atoms with E-state index in [1.165, 1.54) is 5.56 Å². The second-order valence-corrected chi connectivity index (χ2v) is 5.42. The molecular formula is C19H19N3O. The molecule has 23 heavy (non-hydrogen) atoms. The smallest absolute Gasteiger partial charge is 0.145 e. The number of rotatable bonds is 5. The van der Waals surface area contributed by atoms with Crippen LogP contribution in [0.1, 0.15) is 24.1 Å². The molecule has 0 radical (unpaired) electrons. The predicted molar refractivity (Wildman–Crippen MR) is 91.9 cm³/mol. The molecular weight excluding hydrogens is 286 g/mol. The third-order valence-corrected chi connectivity index (χ3v) is 3.70. The molecule has 0 spiro atoms. The van der Waals surface area contributed by atoms with Gasteiger partial charge in [0.2, 0.25) is 0 Å². The zero-order valence-corrected chi connectivity index (χ0v) is 13.0. The third-order valence-electron chi connectivity index (χ3n) is 3.70. The van der Waals surface area contributed by atoms with Crippen LogP contribution in [0.15, 0.2) is 67.0 Å². The van der Waals surface area contributed by atoms with E-state index in [0.717, 1.165) is 22.6 Å². The van der Waals surface area contributed by atoms with E-state index in [-0.39, 0.29) is 12.6 Å².